The summed E-state index contributed by atoms with van der Waals surface area (Å²) < 4.78 is 40.2. The molecule has 0 amide bonds. The molecule has 0 unspecified atom stereocenters. The molecule has 0 fully saturated rings. The van der Waals surface area contributed by atoms with Crippen LogP contribution in [0.15, 0.2) is 0 Å². The smallest absolute Gasteiger partial charge is 0.380 e. The molecule has 0 heterocycles. The van der Waals surface area contributed by atoms with E-state index in [1.807, 2.05) is 20.8 Å². The number of halogens is 3. The first-order valence-corrected chi connectivity index (χ1v) is 5.10. The first kappa shape index (κ1) is 14.7. The Morgan fingerprint density at radius 1 is 1.07 bits per heavy atom. The molecule has 0 radical (unpaired) electrons. The van der Waals surface area contributed by atoms with Gasteiger partial charge in [0.05, 0.1) is 6.61 Å². The fourth-order valence-electron chi connectivity index (χ4n) is 0.975. The van der Waals surface area contributed by atoms with Crippen molar-refractivity contribution in [3.63, 3.8) is 0 Å². The van der Waals surface area contributed by atoms with Crippen molar-refractivity contribution in [3.8, 4) is 0 Å². The molecular weight excluding hydrogens is 207 g/mol. The molecule has 0 spiro atoms. The summed E-state index contributed by atoms with van der Waals surface area (Å²) in [5.41, 5.74) is 0.0231. The van der Waals surface area contributed by atoms with Gasteiger partial charge in [0, 0.05) is 25.1 Å². The lowest BCUT2D eigenvalue weighted by Gasteiger charge is -2.20. The number of alkyl halides is 3. The number of ether oxygens (including phenoxy) is 1. The number of rotatable bonds is 6. The molecule has 0 bridgehead atoms. The molecule has 5 heteroatoms. The average Bonchev–Trinajstić information content (AvgIpc) is 1.98. The molecule has 0 aromatic rings. The summed E-state index contributed by atoms with van der Waals surface area (Å²) in [5.74, 6) is 0. The van der Waals surface area contributed by atoms with Crippen LogP contribution in [0.4, 0.5) is 13.2 Å². The summed E-state index contributed by atoms with van der Waals surface area (Å²) in [5, 5.41) is 3.18. The Labute approximate surface area is 89.2 Å². The molecular formula is C10H20F3NO. The Bertz CT molecular complexity index is 145. The molecule has 0 aromatic carbocycles. The van der Waals surface area contributed by atoms with E-state index >= 15 is 0 Å². The van der Waals surface area contributed by atoms with E-state index in [0.29, 0.717) is 13.2 Å². The van der Waals surface area contributed by atoms with Gasteiger partial charge in [-0.3, -0.25) is 0 Å². The summed E-state index contributed by atoms with van der Waals surface area (Å²) in [6, 6.07) is 0. The zero-order chi connectivity index (χ0) is 11.9. The highest BCUT2D eigenvalue weighted by atomic mass is 19.4. The normalized spacial score (nSPS) is 13.2. The maximum absolute atomic E-state index is 11.7. The van der Waals surface area contributed by atoms with Gasteiger partial charge in [-0.15, -0.1) is 0 Å². The van der Waals surface area contributed by atoms with Gasteiger partial charge in [0.25, 0.3) is 0 Å². The minimum absolute atomic E-state index is 0.0231. The Balaban J connectivity index is 3.20. The van der Waals surface area contributed by atoms with Crippen LogP contribution in [0.2, 0.25) is 0 Å². The third-order valence-electron chi connectivity index (χ3n) is 1.65. The zero-order valence-corrected chi connectivity index (χ0v) is 9.58. The quantitative estimate of drug-likeness (QED) is 0.704. The van der Waals surface area contributed by atoms with Crippen LogP contribution < -0.4 is 5.32 Å². The summed E-state index contributed by atoms with van der Waals surface area (Å²) in [6.45, 7) is 7.36. The highest BCUT2D eigenvalue weighted by Gasteiger charge is 2.25. The molecule has 2 nitrogen and oxygen atoms in total. The van der Waals surface area contributed by atoms with E-state index in [9.17, 15) is 13.2 Å². The van der Waals surface area contributed by atoms with Gasteiger partial charge in [-0.25, -0.2) is 0 Å². The van der Waals surface area contributed by atoms with Crippen molar-refractivity contribution in [2.24, 2.45) is 0 Å². The van der Waals surface area contributed by atoms with Crippen molar-refractivity contribution in [1.29, 1.82) is 0 Å². The zero-order valence-electron chi connectivity index (χ0n) is 9.58. The third-order valence-corrected chi connectivity index (χ3v) is 1.65. The van der Waals surface area contributed by atoms with Crippen molar-refractivity contribution in [1.82, 2.24) is 5.32 Å². The Morgan fingerprint density at radius 2 is 1.67 bits per heavy atom. The van der Waals surface area contributed by atoms with Crippen LogP contribution in [0.5, 0.6) is 0 Å². The van der Waals surface area contributed by atoms with Gasteiger partial charge in [0.2, 0.25) is 0 Å². The van der Waals surface area contributed by atoms with Gasteiger partial charge >= 0.3 is 6.18 Å². The van der Waals surface area contributed by atoms with E-state index in [0.717, 1.165) is 0 Å². The molecule has 0 aliphatic heterocycles. The van der Waals surface area contributed by atoms with Crippen molar-refractivity contribution in [2.45, 2.75) is 45.3 Å². The van der Waals surface area contributed by atoms with Crippen molar-refractivity contribution >= 4 is 0 Å². The Hall–Kier alpha value is -0.290. The molecule has 0 atom stereocenters. The fraction of sp³-hybridized carbons (Fsp3) is 1.00. The van der Waals surface area contributed by atoms with E-state index in [1.165, 1.54) is 0 Å². The van der Waals surface area contributed by atoms with E-state index in [4.69, 9.17) is 4.74 Å². The minimum Gasteiger partial charge on any atom is -0.380 e. The van der Waals surface area contributed by atoms with Crippen molar-refractivity contribution in [3.05, 3.63) is 0 Å². The lowest BCUT2D eigenvalue weighted by molar-refractivity contribution is -0.137. The molecule has 15 heavy (non-hydrogen) atoms. The monoisotopic (exact) mass is 227 g/mol. The Morgan fingerprint density at radius 3 is 2.13 bits per heavy atom. The summed E-state index contributed by atoms with van der Waals surface area (Å²) in [4.78, 5) is 0. The van der Waals surface area contributed by atoms with Crippen LogP contribution in [-0.4, -0.2) is 31.5 Å². The SMILES string of the molecule is CC(C)(C)NCCOCCCC(F)(F)F. The van der Waals surface area contributed by atoms with Crippen LogP contribution in [0.1, 0.15) is 33.6 Å². The average molecular weight is 227 g/mol. The second-order valence-electron chi connectivity index (χ2n) is 4.51. The first-order chi connectivity index (χ1) is 6.71. The number of hydrogen-bond acceptors (Lipinski definition) is 2. The molecule has 0 rings (SSSR count). The third kappa shape index (κ3) is 13.7. The highest BCUT2D eigenvalue weighted by Crippen LogP contribution is 2.20. The van der Waals surface area contributed by atoms with E-state index < -0.39 is 12.6 Å². The van der Waals surface area contributed by atoms with Crippen LogP contribution in [0.3, 0.4) is 0 Å². The standard InChI is InChI=1S/C10H20F3NO/c1-9(2,3)14-6-8-15-7-4-5-10(11,12)13/h14H,4-8H2,1-3H3. The Kier molecular flexibility index (Phi) is 6.20. The number of nitrogens with one attached hydrogen (secondary N) is 1. The van der Waals surface area contributed by atoms with Gasteiger partial charge < -0.3 is 10.1 Å². The second-order valence-corrected chi connectivity index (χ2v) is 4.51. The van der Waals surface area contributed by atoms with Crippen LogP contribution in [0, 0.1) is 0 Å². The van der Waals surface area contributed by atoms with Crippen LogP contribution >= 0.6 is 0 Å². The summed E-state index contributed by atoms with van der Waals surface area (Å²) in [7, 11) is 0. The number of hydrogen-bond donors (Lipinski definition) is 1. The predicted octanol–water partition coefficient (Wildman–Crippen LogP) is 2.73. The maximum atomic E-state index is 11.7. The summed E-state index contributed by atoms with van der Waals surface area (Å²) >= 11 is 0. The molecule has 1 N–H and O–H groups in total. The van der Waals surface area contributed by atoms with Crippen LogP contribution in [-0.2, 0) is 4.74 Å². The molecule has 92 valence electrons. The van der Waals surface area contributed by atoms with Gasteiger partial charge in [-0.1, -0.05) is 0 Å². The minimum atomic E-state index is -4.06. The second kappa shape index (κ2) is 6.33. The van der Waals surface area contributed by atoms with Crippen LogP contribution in [0.25, 0.3) is 0 Å². The van der Waals surface area contributed by atoms with Gasteiger partial charge in [-0.05, 0) is 27.2 Å². The van der Waals surface area contributed by atoms with E-state index in [2.05, 4.69) is 5.32 Å². The fourth-order valence-corrected chi connectivity index (χ4v) is 0.975. The lowest BCUT2D eigenvalue weighted by atomic mass is 10.1. The first-order valence-electron chi connectivity index (χ1n) is 5.10. The predicted molar refractivity (Wildman–Crippen MR) is 53.9 cm³/mol. The lowest BCUT2D eigenvalue weighted by Crippen LogP contribution is -2.38. The topological polar surface area (TPSA) is 21.3 Å². The molecule has 0 saturated carbocycles. The van der Waals surface area contributed by atoms with Crippen molar-refractivity contribution < 1.29 is 17.9 Å². The molecule has 0 aliphatic rings. The van der Waals surface area contributed by atoms with Gasteiger partial charge in [-0.2, -0.15) is 13.2 Å². The van der Waals surface area contributed by atoms with Crippen molar-refractivity contribution in [2.75, 3.05) is 19.8 Å². The largest absolute Gasteiger partial charge is 0.389 e. The van der Waals surface area contributed by atoms with Gasteiger partial charge in [0.1, 0.15) is 0 Å². The molecule has 0 aliphatic carbocycles. The molecule has 0 saturated heterocycles. The van der Waals surface area contributed by atoms with E-state index in [1.54, 1.807) is 0 Å². The van der Waals surface area contributed by atoms with Gasteiger partial charge in [0.15, 0.2) is 0 Å². The van der Waals surface area contributed by atoms with E-state index in [-0.39, 0.29) is 18.6 Å². The maximum Gasteiger partial charge on any atom is 0.389 e. The highest BCUT2D eigenvalue weighted by molar-refractivity contribution is 4.69. The molecule has 0 aromatic heterocycles. The summed E-state index contributed by atoms with van der Waals surface area (Å²) in [6.07, 6.45) is -4.79.